The van der Waals surface area contributed by atoms with Crippen molar-refractivity contribution >= 4 is 122 Å². The third-order valence-electron chi connectivity index (χ3n) is 14.9. The monoisotopic (exact) mass is 951 g/mol. The van der Waals surface area contributed by atoms with Gasteiger partial charge in [0.25, 0.3) is 0 Å². The van der Waals surface area contributed by atoms with E-state index in [1.807, 2.05) is 6.07 Å². The summed E-state index contributed by atoms with van der Waals surface area (Å²) in [6.07, 6.45) is 0. The SMILES string of the molecule is Cc1ccccc1N(c1ccc2c(c1)oc1cc3oc4cc(N(c5ccc6c(c5)c5ccccc5n6-c5ccccc5)c5ccccc5C)ccc4c3nc12)c1ccc2c(c1)c1ccccc1n2-c1ccccc1. The molecule has 0 aliphatic rings. The third-order valence-corrected chi connectivity index (χ3v) is 14.9. The van der Waals surface area contributed by atoms with Gasteiger partial charge in [-0.1, -0.05) is 109 Å². The maximum absolute atomic E-state index is 6.75. The van der Waals surface area contributed by atoms with Gasteiger partial charge in [-0.3, -0.25) is 0 Å². The lowest BCUT2D eigenvalue weighted by Crippen LogP contribution is -2.11. The molecule has 15 rings (SSSR count). The second-order valence-corrected chi connectivity index (χ2v) is 19.3. The first-order chi connectivity index (χ1) is 36.5. The quantitative estimate of drug-likeness (QED) is 0.152. The van der Waals surface area contributed by atoms with E-state index in [9.17, 15) is 0 Å². The molecule has 0 saturated heterocycles. The first-order valence-corrected chi connectivity index (χ1v) is 25.1. The third kappa shape index (κ3) is 6.43. The average Bonchev–Trinajstić information content (AvgIpc) is 4.21. The standard InChI is InChI=1S/C67H45N5O2/c1-42-17-9-13-25-56(42)69(46-31-35-60-54(37-46)50-23-11-15-27-58(50)71(60)44-19-5-3-6-20-44)48-29-33-52-62(39-48)73-64-41-65-67(68-66(52)64)53-34-30-49(40-63(53)74-65)70(57-26-14-10-18-43(57)2)47-32-36-61-55(38-47)51-24-12-16-28-59(51)72(61)45-21-7-4-8-22-45/h3-41H,1-2H3. The van der Waals surface area contributed by atoms with Gasteiger partial charge < -0.3 is 27.8 Å². The lowest BCUT2D eigenvalue weighted by molar-refractivity contribution is 0.655. The van der Waals surface area contributed by atoms with Gasteiger partial charge in [-0.05, 0) is 134 Å². The minimum atomic E-state index is 0.672. The van der Waals surface area contributed by atoms with Crippen molar-refractivity contribution in [2.75, 3.05) is 9.80 Å². The molecular formula is C67H45N5O2. The van der Waals surface area contributed by atoms with Crippen LogP contribution in [0.2, 0.25) is 0 Å². The lowest BCUT2D eigenvalue weighted by Gasteiger charge is -2.27. The molecule has 0 aliphatic carbocycles. The van der Waals surface area contributed by atoms with Crippen LogP contribution in [0, 0.1) is 13.8 Å². The molecule has 5 heterocycles. The molecule has 0 bridgehead atoms. The van der Waals surface area contributed by atoms with Crippen molar-refractivity contribution in [2.45, 2.75) is 13.8 Å². The van der Waals surface area contributed by atoms with Gasteiger partial charge in [0.15, 0.2) is 11.2 Å². The van der Waals surface area contributed by atoms with E-state index >= 15 is 0 Å². The summed E-state index contributed by atoms with van der Waals surface area (Å²) in [5, 5.41) is 6.66. The molecule has 0 N–H and O–H groups in total. The first kappa shape index (κ1) is 41.9. The van der Waals surface area contributed by atoms with Gasteiger partial charge in [0.05, 0.1) is 22.1 Å². The van der Waals surface area contributed by atoms with Crippen LogP contribution in [-0.4, -0.2) is 14.1 Å². The number of aromatic nitrogens is 3. The zero-order valence-corrected chi connectivity index (χ0v) is 40.6. The fourth-order valence-corrected chi connectivity index (χ4v) is 11.5. The van der Waals surface area contributed by atoms with E-state index in [1.54, 1.807) is 0 Å². The Morgan fingerprint density at radius 2 is 0.689 bits per heavy atom. The molecule has 0 saturated carbocycles. The summed E-state index contributed by atoms with van der Waals surface area (Å²) >= 11 is 0. The summed E-state index contributed by atoms with van der Waals surface area (Å²) in [5.41, 5.74) is 20.0. The minimum Gasteiger partial charge on any atom is -0.454 e. The van der Waals surface area contributed by atoms with Crippen LogP contribution in [0.1, 0.15) is 11.1 Å². The van der Waals surface area contributed by atoms with Crippen LogP contribution in [0.3, 0.4) is 0 Å². The smallest absolute Gasteiger partial charge is 0.157 e. The Balaban J connectivity index is 0.839. The van der Waals surface area contributed by atoms with Gasteiger partial charge in [-0.2, -0.15) is 0 Å². The molecule has 0 aliphatic heterocycles. The molecule has 350 valence electrons. The highest BCUT2D eigenvalue weighted by Gasteiger charge is 2.23. The highest BCUT2D eigenvalue weighted by Crippen LogP contribution is 2.45. The van der Waals surface area contributed by atoms with E-state index in [-0.39, 0.29) is 0 Å². The summed E-state index contributed by atoms with van der Waals surface area (Å²) in [7, 11) is 0. The molecule has 0 amide bonds. The Bertz CT molecular complexity index is 4420. The second-order valence-electron chi connectivity index (χ2n) is 19.3. The number of anilines is 6. The summed E-state index contributed by atoms with van der Waals surface area (Å²) in [5.74, 6) is 0. The molecule has 15 aromatic rings. The molecular weight excluding hydrogens is 907 g/mol. The Morgan fingerprint density at radius 1 is 0.311 bits per heavy atom. The molecule has 0 unspecified atom stereocenters. The first-order valence-electron chi connectivity index (χ1n) is 25.1. The van der Waals surface area contributed by atoms with E-state index < -0.39 is 0 Å². The number of hydrogen-bond donors (Lipinski definition) is 0. The Labute approximate surface area is 425 Å². The van der Waals surface area contributed by atoms with Crippen LogP contribution in [0.25, 0.3) is 99.1 Å². The van der Waals surface area contributed by atoms with Crippen molar-refractivity contribution in [3.05, 3.63) is 248 Å². The molecule has 0 fully saturated rings. The fourth-order valence-electron chi connectivity index (χ4n) is 11.5. The van der Waals surface area contributed by atoms with E-state index in [2.05, 4.69) is 263 Å². The van der Waals surface area contributed by atoms with Crippen LogP contribution in [0.4, 0.5) is 34.1 Å². The van der Waals surface area contributed by atoms with E-state index in [0.29, 0.717) is 11.2 Å². The van der Waals surface area contributed by atoms with Crippen molar-refractivity contribution in [3.63, 3.8) is 0 Å². The van der Waals surface area contributed by atoms with Crippen molar-refractivity contribution in [2.24, 2.45) is 0 Å². The fraction of sp³-hybridized carbons (Fsp3) is 0.0299. The van der Waals surface area contributed by atoms with Crippen LogP contribution < -0.4 is 9.80 Å². The molecule has 5 aromatic heterocycles. The topological polar surface area (TPSA) is 55.5 Å². The summed E-state index contributed by atoms with van der Waals surface area (Å²) in [4.78, 5) is 10.00. The summed E-state index contributed by atoms with van der Waals surface area (Å²) in [6.45, 7) is 4.33. The van der Waals surface area contributed by atoms with Gasteiger partial charge in [0.1, 0.15) is 22.2 Å². The molecule has 0 radical (unpaired) electrons. The van der Waals surface area contributed by atoms with E-state index in [0.717, 1.165) is 101 Å². The van der Waals surface area contributed by atoms with Crippen LogP contribution in [-0.2, 0) is 0 Å². The van der Waals surface area contributed by atoms with E-state index in [1.165, 1.54) is 32.6 Å². The number of fused-ring (bicyclic) bond motifs is 12. The van der Waals surface area contributed by atoms with Gasteiger partial charge in [0.2, 0.25) is 0 Å². The van der Waals surface area contributed by atoms with Gasteiger partial charge in [-0.15, -0.1) is 0 Å². The number of pyridine rings is 1. The molecule has 7 nitrogen and oxygen atoms in total. The lowest BCUT2D eigenvalue weighted by atomic mass is 10.1. The van der Waals surface area contributed by atoms with Crippen molar-refractivity contribution in [1.82, 2.24) is 14.1 Å². The van der Waals surface area contributed by atoms with Crippen molar-refractivity contribution in [1.29, 1.82) is 0 Å². The number of rotatable bonds is 8. The number of hydrogen-bond acceptors (Lipinski definition) is 5. The van der Waals surface area contributed by atoms with Crippen LogP contribution >= 0.6 is 0 Å². The largest absolute Gasteiger partial charge is 0.454 e. The maximum Gasteiger partial charge on any atom is 0.157 e. The van der Waals surface area contributed by atoms with Gasteiger partial charge >= 0.3 is 0 Å². The summed E-state index contributed by atoms with van der Waals surface area (Å²) < 4.78 is 18.2. The Kier molecular flexibility index (Phi) is 9.25. The number of nitrogens with zero attached hydrogens (tertiary/aromatic N) is 5. The maximum atomic E-state index is 6.75. The number of furan rings is 2. The molecule has 7 heteroatoms. The van der Waals surface area contributed by atoms with Crippen LogP contribution in [0.15, 0.2) is 245 Å². The number of para-hydroxylation sites is 6. The number of aryl methyl sites for hydroxylation is 2. The molecule has 10 aromatic carbocycles. The van der Waals surface area contributed by atoms with E-state index in [4.69, 9.17) is 13.8 Å². The van der Waals surface area contributed by atoms with Crippen molar-refractivity contribution < 1.29 is 8.83 Å². The highest BCUT2D eigenvalue weighted by atomic mass is 16.3. The normalized spacial score (nSPS) is 11.9. The van der Waals surface area contributed by atoms with Crippen molar-refractivity contribution in [3.8, 4) is 11.4 Å². The molecule has 0 atom stereocenters. The zero-order chi connectivity index (χ0) is 49.0. The minimum absolute atomic E-state index is 0.672. The Morgan fingerprint density at radius 3 is 1.15 bits per heavy atom. The van der Waals surface area contributed by atoms with Crippen LogP contribution in [0.5, 0.6) is 0 Å². The highest BCUT2D eigenvalue weighted by molar-refractivity contribution is 6.14. The second kappa shape index (κ2) is 16.3. The zero-order valence-electron chi connectivity index (χ0n) is 40.6. The predicted octanol–water partition coefficient (Wildman–Crippen LogP) is 18.6. The Hall–Kier alpha value is -9.85. The average molecular weight is 952 g/mol. The molecule has 74 heavy (non-hydrogen) atoms. The number of benzene rings is 10. The molecule has 0 spiro atoms. The van der Waals surface area contributed by atoms with Gasteiger partial charge in [-0.25, -0.2) is 4.98 Å². The van der Waals surface area contributed by atoms with Gasteiger partial charge in [0, 0.05) is 96.0 Å². The predicted molar refractivity (Wildman–Crippen MR) is 306 cm³/mol. The summed E-state index contributed by atoms with van der Waals surface area (Å²) in [6, 6.07) is 84.2.